The molecule has 0 aliphatic carbocycles. The van der Waals surface area contributed by atoms with Crippen molar-refractivity contribution in [3.63, 3.8) is 0 Å². The topological polar surface area (TPSA) is 64.0 Å². The molecule has 5 nitrogen and oxygen atoms in total. The van der Waals surface area contributed by atoms with E-state index in [9.17, 15) is 9.59 Å². The van der Waals surface area contributed by atoms with Gasteiger partial charge in [0.05, 0.1) is 38.4 Å². The molecule has 0 saturated carbocycles. The van der Waals surface area contributed by atoms with Gasteiger partial charge >= 0.3 is 0 Å². The lowest BCUT2D eigenvalue weighted by Gasteiger charge is -2.08. The van der Waals surface area contributed by atoms with E-state index in [4.69, 9.17) is 23.2 Å². The van der Waals surface area contributed by atoms with Gasteiger partial charge in [-0.3, -0.25) is 9.59 Å². The van der Waals surface area contributed by atoms with E-state index in [0.29, 0.717) is 16.4 Å². The van der Waals surface area contributed by atoms with E-state index in [-0.39, 0.29) is 16.3 Å². The zero-order chi connectivity index (χ0) is 18.8. The summed E-state index contributed by atoms with van der Waals surface area (Å²) in [6.07, 6.45) is 0. The van der Waals surface area contributed by atoms with E-state index < -0.39 is 11.7 Å². The SMILES string of the molecule is Cc1nn(-c2ccccc2)c(C)c1C(=O)C(=O)Nc1cccc(Cl)c1Cl. The Morgan fingerprint density at radius 3 is 2.38 bits per heavy atom. The summed E-state index contributed by atoms with van der Waals surface area (Å²) in [5.74, 6) is -1.48. The van der Waals surface area contributed by atoms with Gasteiger partial charge in [0.15, 0.2) is 0 Å². The fourth-order valence-corrected chi connectivity index (χ4v) is 3.03. The highest BCUT2D eigenvalue weighted by atomic mass is 35.5. The third-order valence-electron chi connectivity index (χ3n) is 3.93. The molecule has 3 rings (SSSR count). The van der Waals surface area contributed by atoms with Crippen molar-refractivity contribution in [1.82, 2.24) is 9.78 Å². The van der Waals surface area contributed by atoms with E-state index in [0.717, 1.165) is 5.69 Å². The largest absolute Gasteiger partial charge is 0.318 e. The molecule has 132 valence electrons. The second-order valence-electron chi connectivity index (χ2n) is 5.68. The summed E-state index contributed by atoms with van der Waals surface area (Å²) in [6.45, 7) is 3.44. The summed E-state index contributed by atoms with van der Waals surface area (Å²) in [6, 6.07) is 14.2. The zero-order valence-corrected chi connectivity index (χ0v) is 15.6. The van der Waals surface area contributed by atoms with E-state index in [2.05, 4.69) is 10.4 Å². The Morgan fingerprint density at radius 2 is 1.69 bits per heavy atom. The van der Waals surface area contributed by atoms with E-state index >= 15 is 0 Å². The van der Waals surface area contributed by atoms with Crippen LogP contribution in [0.1, 0.15) is 21.7 Å². The molecule has 0 fully saturated rings. The first-order valence-corrected chi connectivity index (χ1v) is 8.57. The van der Waals surface area contributed by atoms with Crippen LogP contribution < -0.4 is 5.32 Å². The average molecular weight is 388 g/mol. The number of halogens is 2. The van der Waals surface area contributed by atoms with Crippen molar-refractivity contribution in [2.24, 2.45) is 0 Å². The number of rotatable bonds is 4. The van der Waals surface area contributed by atoms with Crippen LogP contribution >= 0.6 is 23.2 Å². The van der Waals surface area contributed by atoms with Crippen molar-refractivity contribution in [3.8, 4) is 5.69 Å². The molecule has 1 N–H and O–H groups in total. The van der Waals surface area contributed by atoms with Gasteiger partial charge in [0.25, 0.3) is 11.7 Å². The first-order chi connectivity index (χ1) is 12.4. The molecule has 0 atom stereocenters. The van der Waals surface area contributed by atoms with Gasteiger partial charge in [-0.2, -0.15) is 5.10 Å². The molecule has 1 amide bonds. The fourth-order valence-electron chi connectivity index (χ4n) is 2.68. The molecule has 0 aliphatic rings. The Morgan fingerprint density at radius 1 is 1.00 bits per heavy atom. The standard InChI is InChI=1S/C19H15Cl2N3O2/c1-11-16(12(2)24(23-11)13-7-4-3-5-8-13)18(25)19(26)22-15-10-6-9-14(20)17(15)21/h3-10H,1-2H3,(H,22,26). The summed E-state index contributed by atoms with van der Waals surface area (Å²) in [4.78, 5) is 25.1. The van der Waals surface area contributed by atoms with Crippen LogP contribution in [-0.4, -0.2) is 21.5 Å². The molecule has 0 unspecified atom stereocenters. The third kappa shape index (κ3) is 3.36. The minimum absolute atomic E-state index is 0.184. The van der Waals surface area contributed by atoms with Gasteiger partial charge in [0.2, 0.25) is 0 Å². The number of nitrogens with one attached hydrogen (secondary N) is 1. The van der Waals surface area contributed by atoms with Gasteiger partial charge in [0, 0.05) is 0 Å². The van der Waals surface area contributed by atoms with Crippen molar-refractivity contribution in [2.45, 2.75) is 13.8 Å². The number of aromatic nitrogens is 2. The maximum absolute atomic E-state index is 12.7. The summed E-state index contributed by atoms with van der Waals surface area (Å²) >= 11 is 12.0. The molecule has 0 radical (unpaired) electrons. The highest BCUT2D eigenvalue weighted by Crippen LogP contribution is 2.29. The Labute approximate surface area is 160 Å². The third-order valence-corrected chi connectivity index (χ3v) is 4.74. The average Bonchev–Trinajstić information content (AvgIpc) is 2.93. The van der Waals surface area contributed by atoms with E-state index in [1.54, 1.807) is 36.7 Å². The minimum Gasteiger partial charge on any atom is -0.318 e. The summed E-state index contributed by atoms with van der Waals surface area (Å²) in [5, 5.41) is 7.38. The molecular formula is C19H15Cl2N3O2. The second-order valence-corrected chi connectivity index (χ2v) is 6.46. The van der Waals surface area contributed by atoms with Gasteiger partial charge in [0.1, 0.15) is 0 Å². The number of ketones is 1. The normalized spacial score (nSPS) is 10.6. The number of anilines is 1. The minimum atomic E-state index is -0.798. The van der Waals surface area contributed by atoms with Crippen LogP contribution in [0.2, 0.25) is 10.0 Å². The van der Waals surface area contributed by atoms with E-state index in [1.807, 2.05) is 30.3 Å². The molecule has 3 aromatic rings. The maximum atomic E-state index is 12.7. The predicted octanol–water partition coefficient (Wildman–Crippen LogP) is 4.62. The van der Waals surface area contributed by atoms with Gasteiger partial charge < -0.3 is 5.32 Å². The molecule has 0 aliphatic heterocycles. The Kier molecular flexibility index (Phi) is 5.11. The Hall–Kier alpha value is -2.63. The number of hydrogen-bond acceptors (Lipinski definition) is 3. The molecule has 1 aromatic heterocycles. The van der Waals surface area contributed by atoms with Gasteiger partial charge in [-0.25, -0.2) is 4.68 Å². The van der Waals surface area contributed by atoms with Gasteiger partial charge in [-0.1, -0.05) is 47.5 Å². The predicted molar refractivity (Wildman–Crippen MR) is 102 cm³/mol. The van der Waals surface area contributed by atoms with Crippen LogP contribution in [0.5, 0.6) is 0 Å². The van der Waals surface area contributed by atoms with Crippen molar-refractivity contribution in [1.29, 1.82) is 0 Å². The monoisotopic (exact) mass is 387 g/mol. The van der Waals surface area contributed by atoms with Crippen LogP contribution in [0.25, 0.3) is 5.69 Å². The summed E-state index contributed by atoms with van der Waals surface area (Å²) in [7, 11) is 0. The number of carbonyl (C=O) groups excluding carboxylic acids is 2. The zero-order valence-electron chi connectivity index (χ0n) is 14.1. The molecular weight excluding hydrogens is 373 g/mol. The number of aryl methyl sites for hydroxylation is 1. The lowest BCUT2D eigenvalue weighted by atomic mass is 10.1. The van der Waals surface area contributed by atoms with Crippen LogP contribution in [-0.2, 0) is 4.79 Å². The smallest absolute Gasteiger partial charge is 0.296 e. The second kappa shape index (κ2) is 7.32. The number of hydrogen-bond donors (Lipinski definition) is 1. The lowest BCUT2D eigenvalue weighted by Crippen LogP contribution is -2.24. The summed E-state index contributed by atoms with van der Waals surface area (Å²) < 4.78 is 1.64. The number of nitrogens with zero attached hydrogens (tertiary/aromatic N) is 2. The first-order valence-electron chi connectivity index (χ1n) is 7.81. The fraction of sp³-hybridized carbons (Fsp3) is 0.105. The van der Waals surface area contributed by atoms with Crippen LogP contribution in [0, 0.1) is 13.8 Å². The number of benzene rings is 2. The van der Waals surface area contributed by atoms with Crippen molar-refractivity contribution in [3.05, 3.63) is 75.5 Å². The van der Waals surface area contributed by atoms with Crippen molar-refractivity contribution < 1.29 is 9.59 Å². The van der Waals surface area contributed by atoms with Crippen molar-refractivity contribution in [2.75, 3.05) is 5.32 Å². The number of amides is 1. The Bertz CT molecular complexity index is 998. The number of carbonyl (C=O) groups is 2. The number of Topliss-reactive ketones (excluding diaryl/α,β-unsaturated/α-hetero) is 1. The molecule has 0 spiro atoms. The van der Waals surface area contributed by atoms with Crippen LogP contribution in [0.4, 0.5) is 5.69 Å². The van der Waals surface area contributed by atoms with Crippen molar-refractivity contribution >= 4 is 40.6 Å². The summed E-state index contributed by atoms with van der Waals surface area (Å²) in [5.41, 5.74) is 2.42. The molecule has 7 heteroatoms. The van der Waals surface area contributed by atoms with Gasteiger partial charge in [-0.05, 0) is 38.1 Å². The molecule has 26 heavy (non-hydrogen) atoms. The van der Waals surface area contributed by atoms with Crippen LogP contribution in [0.3, 0.4) is 0 Å². The quantitative estimate of drug-likeness (QED) is 0.524. The molecule has 0 saturated heterocycles. The van der Waals surface area contributed by atoms with Gasteiger partial charge in [-0.15, -0.1) is 0 Å². The lowest BCUT2D eigenvalue weighted by molar-refractivity contribution is -0.112. The highest BCUT2D eigenvalue weighted by molar-refractivity contribution is 6.49. The molecule has 0 bridgehead atoms. The van der Waals surface area contributed by atoms with E-state index in [1.165, 1.54) is 0 Å². The number of para-hydroxylation sites is 1. The first kappa shape index (κ1) is 18.2. The molecule has 2 aromatic carbocycles. The Balaban J connectivity index is 1.92. The highest BCUT2D eigenvalue weighted by Gasteiger charge is 2.25. The molecule has 1 heterocycles. The maximum Gasteiger partial charge on any atom is 0.296 e. The van der Waals surface area contributed by atoms with Crippen LogP contribution in [0.15, 0.2) is 48.5 Å².